The molecule has 0 amide bonds. The lowest BCUT2D eigenvalue weighted by molar-refractivity contribution is 0.0693. The quantitative estimate of drug-likeness (QED) is 0.616. The van der Waals surface area contributed by atoms with Gasteiger partial charge in [0.1, 0.15) is 0 Å². The molecule has 0 spiro atoms. The summed E-state index contributed by atoms with van der Waals surface area (Å²) in [7, 11) is 0. The Labute approximate surface area is 112 Å². The molecule has 0 aliphatic rings. The van der Waals surface area contributed by atoms with Crippen molar-refractivity contribution >= 4 is 17.7 Å². The normalized spacial score (nSPS) is 11.7. The van der Waals surface area contributed by atoms with E-state index in [-0.39, 0.29) is 0 Å². The summed E-state index contributed by atoms with van der Waals surface area (Å²) in [6.07, 6.45) is 7.50. The van der Waals surface area contributed by atoms with E-state index in [1.807, 2.05) is 37.3 Å². The van der Waals surface area contributed by atoms with E-state index in [0.717, 1.165) is 10.6 Å². The van der Waals surface area contributed by atoms with Crippen molar-refractivity contribution in [3.63, 3.8) is 0 Å². The molecule has 1 N–H and O–H groups in total. The molecule has 0 fully saturated rings. The molecular formula is C15H16O2S. The number of thioether (sulfide) groups is 1. The zero-order valence-corrected chi connectivity index (χ0v) is 11.1. The van der Waals surface area contributed by atoms with E-state index in [9.17, 15) is 4.79 Å². The van der Waals surface area contributed by atoms with Gasteiger partial charge in [0, 0.05) is 10.6 Å². The van der Waals surface area contributed by atoms with Crippen LogP contribution in [0.5, 0.6) is 0 Å². The third-order valence-electron chi connectivity index (χ3n) is 2.20. The van der Waals surface area contributed by atoms with Crippen molar-refractivity contribution in [2.45, 2.75) is 11.8 Å². The first kappa shape index (κ1) is 14.3. The predicted octanol–water partition coefficient (Wildman–Crippen LogP) is 4.17. The fraction of sp³-hybridized carbons (Fsp3) is 0.133. The third kappa shape index (κ3) is 4.63. The van der Waals surface area contributed by atoms with E-state index in [2.05, 4.69) is 6.58 Å². The number of allylic oxidation sites excluding steroid dienone is 4. The molecule has 0 heterocycles. The van der Waals surface area contributed by atoms with Gasteiger partial charge >= 0.3 is 5.97 Å². The third-order valence-corrected chi connectivity index (χ3v) is 3.47. The summed E-state index contributed by atoms with van der Waals surface area (Å²) in [4.78, 5) is 11.8. The van der Waals surface area contributed by atoms with Gasteiger partial charge in [-0.3, -0.25) is 0 Å². The summed E-state index contributed by atoms with van der Waals surface area (Å²) in [5, 5.41) is 9.05. The first-order valence-corrected chi connectivity index (χ1v) is 6.53. The summed E-state index contributed by atoms with van der Waals surface area (Å²) >= 11 is 1.53. The minimum Gasteiger partial charge on any atom is -0.478 e. The highest BCUT2D eigenvalue weighted by Gasteiger charge is 2.08. The van der Waals surface area contributed by atoms with Crippen LogP contribution in [0.3, 0.4) is 0 Å². The number of carboxylic acid groups (broad SMARTS) is 1. The average Bonchev–Trinajstić information content (AvgIpc) is 2.37. The molecule has 1 aromatic carbocycles. The van der Waals surface area contributed by atoms with Crippen LogP contribution < -0.4 is 0 Å². The molecule has 0 saturated carbocycles. The molecule has 2 nitrogen and oxygen atoms in total. The number of aromatic carboxylic acids is 1. The van der Waals surface area contributed by atoms with Crippen molar-refractivity contribution in [3.05, 3.63) is 66.3 Å². The largest absolute Gasteiger partial charge is 0.478 e. The van der Waals surface area contributed by atoms with E-state index in [4.69, 9.17) is 5.11 Å². The van der Waals surface area contributed by atoms with Crippen molar-refractivity contribution in [3.8, 4) is 0 Å². The number of hydrogen-bond acceptors (Lipinski definition) is 2. The summed E-state index contributed by atoms with van der Waals surface area (Å²) in [5.74, 6) is -0.113. The van der Waals surface area contributed by atoms with Crippen LogP contribution in [0.15, 0.2) is 65.6 Å². The highest BCUT2D eigenvalue weighted by molar-refractivity contribution is 7.99. The van der Waals surface area contributed by atoms with E-state index in [1.165, 1.54) is 17.3 Å². The Bertz CT molecular complexity index is 487. The molecule has 0 unspecified atom stereocenters. The molecule has 3 heteroatoms. The van der Waals surface area contributed by atoms with Crippen molar-refractivity contribution < 1.29 is 9.90 Å². The molecule has 0 radical (unpaired) electrons. The van der Waals surface area contributed by atoms with Crippen LogP contribution in [-0.4, -0.2) is 16.8 Å². The van der Waals surface area contributed by atoms with Gasteiger partial charge in [-0.2, -0.15) is 0 Å². The Kier molecular flexibility index (Phi) is 6.01. The predicted molar refractivity (Wildman–Crippen MR) is 77.2 cm³/mol. The zero-order chi connectivity index (χ0) is 13.4. The molecule has 0 atom stereocenters. The molecule has 0 saturated heterocycles. The Morgan fingerprint density at radius 2 is 2.11 bits per heavy atom. The summed E-state index contributed by atoms with van der Waals surface area (Å²) in [6.45, 7) is 5.61. The van der Waals surface area contributed by atoms with E-state index in [1.54, 1.807) is 18.2 Å². The highest BCUT2D eigenvalue weighted by atomic mass is 32.2. The second-order valence-electron chi connectivity index (χ2n) is 3.72. The molecule has 0 aliphatic heterocycles. The van der Waals surface area contributed by atoms with E-state index < -0.39 is 5.97 Å². The molecule has 0 bridgehead atoms. The Balaban J connectivity index is 2.69. The second kappa shape index (κ2) is 7.56. The van der Waals surface area contributed by atoms with Crippen LogP contribution in [0.4, 0.5) is 0 Å². The SMILES string of the molecule is C=C/C=C\C=C(/C)CSc1ccccc1C(=O)O. The topological polar surface area (TPSA) is 37.3 Å². The Morgan fingerprint density at radius 3 is 2.78 bits per heavy atom. The van der Waals surface area contributed by atoms with Gasteiger partial charge in [-0.1, -0.05) is 48.6 Å². The van der Waals surface area contributed by atoms with Gasteiger partial charge in [0.15, 0.2) is 0 Å². The van der Waals surface area contributed by atoms with Gasteiger partial charge in [-0.05, 0) is 19.1 Å². The van der Waals surface area contributed by atoms with Crippen LogP contribution in [0, 0.1) is 0 Å². The van der Waals surface area contributed by atoms with Crippen LogP contribution in [0.2, 0.25) is 0 Å². The lowest BCUT2D eigenvalue weighted by Crippen LogP contribution is -1.98. The molecule has 1 aromatic rings. The van der Waals surface area contributed by atoms with Gasteiger partial charge < -0.3 is 5.11 Å². The summed E-state index contributed by atoms with van der Waals surface area (Å²) < 4.78 is 0. The van der Waals surface area contributed by atoms with Crippen molar-refractivity contribution in [1.29, 1.82) is 0 Å². The van der Waals surface area contributed by atoms with Gasteiger partial charge in [0.2, 0.25) is 0 Å². The fourth-order valence-electron chi connectivity index (χ4n) is 1.31. The lowest BCUT2D eigenvalue weighted by Gasteiger charge is -2.05. The van der Waals surface area contributed by atoms with Gasteiger partial charge in [-0.15, -0.1) is 11.8 Å². The minimum absolute atomic E-state index is 0.358. The molecule has 0 aromatic heterocycles. The number of carboxylic acids is 1. The first-order chi connectivity index (χ1) is 8.65. The summed E-state index contributed by atoms with van der Waals surface area (Å²) in [6, 6.07) is 7.05. The van der Waals surface area contributed by atoms with Crippen LogP contribution in [0.25, 0.3) is 0 Å². The monoisotopic (exact) mass is 260 g/mol. The van der Waals surface area contributed by atoms with Crippen molar-refractivity contribution in [2.24, 2.45) is 0 Å². The Morgan fingerprint density at radius 1 is 1.39 bits per heavy atom. The van der Waals surface area contributed by atoms with Crippen molar-refractivity contribution in [1.82, 2.24) is 0 Å². The number of benzene rings is 1. The fourth-order valence-corrected chi connectivity index (χ4v) is 2.27. The highest BCUT2D eigenvalue weighted by Crippen LogP contribution is 2.24. The van der Waals surface area contributed by atoms with Gasteiger partial charge in [0.25, 0.3) is 0 Å². The maximum atomic E-state index is 11.0. The van der Waals surface area contributed by atoms with Gasteiger partial charge in [0.05, 0.1) is 5.56 Å². The molecular weight excluding hydrogens is 244 g/mol. The smallest absolute Gasteiger partial charge is 0.336 e. The Hall–Kier alpha value is -1.74. The standard InChI is InChI=1S/C15H16O2S/c1-3-4-5-8-12(2)11-18-14-10-7-6-9-13(14)15(16)17/h3-10H,1,11H2,2H3,(H,16,17)/b5-4-,12-8+. The van der Waals surface area contributed by atoms with Gasteiger partial charge in [-0.25, -0.2) is 4.79 Å². The average molecular weight is 260 g/mol. The van der Waals surface area contributed by atoms with Crippen LogP contribution in [-0.2, 0) is 0 Å². The van der Waals surface area contributed by atoms with E-state index in [0.29, 0.717) is 5.56 Å². The van der Waals surface area contributed by atoms with Crippen LogP contribution in [0.1, 0.15) is 17.3 Å². The molecule has 0 aliphatic carbocycles. The minimum atomic E-state index is -0.883. The molecule has 18 heavy (non-hydrogen) atoms. The van der Waals surface area contributed by atoms with Crippen LogP contribution >= 0.6 is 11.8 Å². The van der Waals surface area contributed by atoms with Crippen molar-refractivity contribution in [2.75, 3.05) is 5.75 Å². The first-order valence-electron chi connectivity index (χ1n) is 5.55. The molecule has 1 rings (SSSR count). The number of hydrogen-bond donors (Lipinski definition) is 1. The second-order valence-corrected chi connectivity index (χ2v) is 4.74. The van der Waals surface area contributed by atoms with E-state index >= 15 is 0 Å². The number of carbonyl (C=O) groups is 1. The lowest BCUT2D eigenvalue weighted by atomic mass is 10.2. The zero-order valence-electron chi connectivity index (χ0n) is 10.3. The number of rotatable bonds is 6. The maximum absolute atomic E-state index is 11.0. The summed E-state index contributed by atoms with van der Waals surface area (Å²) in [5.41, 5.74) is 1.54. The molecule has 94 valence electrons. The maximum Gasteiger partial charge on any atom is 0.336 e.